The van der Waals surface area contributed by atoms with Gasteiger partial charge in [-0.1, -0.05) is 33.6 Å². The lowest BCUT2D eigenvalue weighted by Crippen LogP contribution is -2.06. The first-order valence-electron chi connectivity index (χ1n) is 5.80. The Hall–Kier alpha value is -0.900. The summed E-state index contributed by atoms with van der Waals surface area (Å²) in [5.41, 5.74) is 2.39. The molecule has 0 fully saturated rings. The zero-order valence-corrected chi connectivity index (χ0v) is 12.9. The lowest BCUT2D eigenvalue weighted by Gasteiger charge is -2.17. The third-order valence-electron chi connectivity index (χ3n) is 3.01. The lowest BCUT2D eigenvalue weighted by atomic mass is 9.95. The van der Waals surface area contributed by atoms with Crippen molar-refractivity contribution >= 4 is 27.5 Å². The van der Waals surface area contributed by atoms with Gasteiger partial charge in [0.2, 0.25) is 0 Å². The molecule has 0 aliphatic rings. The van der Waals surface area contributed by atoms with Gasteiger partial charge in [0.25, 0.3) is 0 Å². The summed E-state index contributed by atoms with van der Waals surface area (Å²) in [6.45, 7) is 3.61. The largest absolute Gasteiger partial charge is 0.383 e. The standard InChI is InChI=1S/C15H13BrClFO/c1-8-5-9(2)14(13(18)6-8)15(19)11-7-10(17)3-4-12(11)16/h3-7,15,19H,1-2H3. The van der Waals surface area contributed by atoms with E-state index in [9.17, 15) is 9.50 Å². The third-order valence-corrected chi connectivity index (χ3v) is 3.96. The average Bonchev–Trinajstić information content (AvgIpc) is 2.30. The summed E-state index contributed by atoms with van der Waals surface area (Å²) in [7, 11) is 0. The molecule has 19 heavy (non-hydrogen) atoms. The minimum atomic E-state index is -1.05. The van der Waals surface area contributed by atoms with Crippen molar-refractivity contribution in [3.05, 3.63) is 67.9 Å². The van der Waals surface area contributed by atoms with Crippen LogP contribution in [0.25, 0.3) is 0 Å². The Balaban J connectivity index is 2.56. The Labute approximate surface area is 125 Å². The SMILES string of the molecule is Cc1cc(C)c(C(O)c2cc(Cl)ccc2Br)c(F)c1. The summed E-state index contributed by atoms with van der Waals surface area (Å²) >= 11 is 9.28. The van der Waals surface area contributed by atoms with Crippen LogP contribution >= 0.6 is 27.5 Å². The molecule has 0 spiro atoms. The highest BCUT2D eigenvalue weighted by atomic mass is 79.9. The van der Waals surface area contributed by atoms with Gasteiger partial charge in [-0.25, -0.2) is 4.39 Å². The lowest BCUT2D eigenvalue weighted by molar-refractivity contribution is 0.213. The van der Waals surface area contributed by atoms with Gasteiger partial charge in [-0.3, -0.25) is 0 Å². The molecule has 2 aromatic rings. The van der Waals surface area contributed by atoms with E-state index in [1.165, 1.54) is 6.07 Å². The van der Waals surface area contributed by atoms with Crippen LogP contribution in [-0.4, -0.2) is 5.11 Å². The van der Waals surface area contributed by atoms with Crippen molar-refractivity contribution in [3.63, 3.8) is 0 Å². The molecule has 4 heteroatoms. The predicted octanol–water partition coefficient (Wildman–Crippen LogP) is 4.94. The van der Waals surface area contributed by atoms with Crippen LogP contribution in [0.4, 0.5) is 4.39 Å². The van der Waals surface area contributed by atoms with E-state index in [1.807, 2.05) is 13.0 Å². The monoisotopic (exact) mass is 342 g/mol. The van der Waals surface area contributed by atoms with Crippen molar-refractivity contribution in [2.45, 2.75) is 20.0 Å². The molecule has 0 saturated heterocycles. The number of halogens is 3. The molecule has 1 N–H and O–H groups in total. The van der Waals surface area contributed by atoms with Crippen molar-refractivity contribution in [1.82, 2.24) is 0 Å². The molecule has 0 aromatic heterocycles. The molecule has 1 nitrogen and oxygen atoms in total. The summed E-state index contributed by atoms with van der Waals surface area (Å²) in [5, 5.41) is 10.9. The van der Waals surface area contributed by atoms with Crippen LogP contribution in [0.3, 0.4) is 0 Å². The first kappa shape index (κ1) is 14.5. The molecule has 0 saturated carbocycles. The summed E-state index contributed by atoms with van der Waals surface area (Å²) < 4.78 is 14.8. The topological polar surface area (TPSA) is 20.2 Å². The smallest absolute Gasteiger partial charge is 0.129 e. The van der Waals surface area contributed by atoms with Crippen molar-refractivity contribution in [2.75, 3.05) is 0 Å². The fourth-order valence-electron chi connectivity index (χ4n) is 2.15. The Morgan fingerprint density at radius 2 is 1.89 bits per heavy atom. The zero-order valence-electron chi connectivity index (χ0n) is 10.5. The van der Waals surface area contributed by atoms with Crippen molar-refractivity contribution in [2.24, 2.45) is 0 Å². The molecule has 0 bridgehead atoms. The van der Waals surface area contributed by atoms with Crippen molar-refractivity contribution < 1.29 is 9.50 Å². The molecule has 0 heterocycles. The molecule has 1 atom stereocenters. The van der Waals surface area contributed by atoms with Crippen molar-refractivity contribution in [1.29, 1.82) is 0 Å². The first-order chi connectivity index (χ1) is 8.90. The summed E-state index contributed by atoms with van der Waals surface area (Å²) in [5.74, 6) is -0.406. The van der Waals surface area contributed by atoms with E-state index in [0.717, 1.165) is 11.1 Å². The second-order valence-corrected chi connectivity index (χ2v) is 5.84. The van der Waals surface area contributed by atoms with Crippen LogP contribution in [0.15, 0.2) is 34.8 Å². The van der Waals surface area contributed by atoms with Crippen LogP contribution in [-0.2, 0) is 0 Å². The van der Waals surface area contributed by atoms with Crippen molar-refractivity contribution in [3.8, 4) is 0 Å². The zero-order chi connectivity index (χ0) is 14.2. The highest BCUT2D eigenvalue weighted by Crippen LogP contribution is 2.33. The normalized spacial score (nSPS) is 12.5. The van der Waals surface area contributed by atoms with Gasteiger partial charge >= 0.3 is 0 Å². The van der Waals surface area contributed by atoms with Crippen LogP contribution in [0, 0.1) is 19.7 Å². The van der Waals surface area contributed by atoms with E-state index < -0.39 is 11.9 Å². The summed E-state index contributed by atoms with van der Waals surface area (Å²) in [4.78, 5) is 0. The van der Waals surface area contributed by atoms with Crippen LogP contribution in [0.2, 0.25) is 5.02 Å². The first-order valence-corrected chi connectivity index (χ1v) is 6.97. The summed E-state index contributed by atoms with van der Waals surface area (Å²) in [6, 6.07) is 8.35. The van der Waals surface area contributed by atoms with E-state index in [0.29, 0.717) is 15.1 Å². The molecule has 0 aliphatic heterocycles. The van der Waals surface area contributed by atoms with Gasteiger partial charge in [0.15, 0.2) is 0 Å². The minimum Gasteiger partial charge on any atom is -0.383 e. The van der Waals surface area contributed by atoms with Gasteiger partial charge in [-0.15, -0.1) is 0 Å². The van der Waals surface area contributed by atoms with Crippen LogP contribution < -0.4 is 0 Å². The van der Waals surface area contributed by atoms with E-state index in [1.54, 1.807) is 25.1 Å². The maximum atomic E-state index is 14.1. The summed E-state index contributed by atoms with van der Waals surface area (Å²) in [6.07, 6.45) is -1.05. The number of aliphatic hydroxyl groups excluding tert-OH is 1. The fraction of sp³-hybridized carbons (Fsp3) is 0.200. The fourth-order valence-corrected chi connectivity index (χ4v) is 2.80. The highest BCUT2D eigenvalue weighted by molar-refractivity contribution is 9.10. The van der Waals surface area contributed by atoms with Crippen LogP contribution in [0.5, 0.6) is 0 Å². The van der Waals surface area contributed by atoms with Gasteiger partial charge in [-0.05, 0) is 49.2 Å². The third kappa shape index (κ3) is 2.99. The van der Waals surface area contributed by atoms with Gasteiger partial charge in [-0.2, -0.15) is 0 Å². The van der Waals surface area contributed by atoms with Crippen LogP contribution in [0.1, 0.15) is 28.4 Å². The minimum absolute atomic E-state index is 0.286. The predicted molar refractivity (Wildman–Crippen MR) is 79.1 cm³/mol. The van der Waals surface area contributed by atoms with E-state index >= 15 is 0 Å². The molecule has 0 aliphatic carbocycles. The molecule has 0 amide bonds. The second kappa shape index (κ2) is 5.61. The second-order valence-electron chi connectivity index (χ2n) is 4.55. The van der Waals surface area contributed by atoms with Gasteiger partial charge < -0.3 is 5.11 Å². The molecule has 1 unspecified atom stereocenters. The van der Waals surface area contributed by atoms with E-state index in [-0.39, 0.29) is 5.56 Å². The molecule has 0 radical (unpaired) electrons. The number of hydrogen-bond acceptors (Lipinski definition) is 1. The molecule has 100 valence electrons. The Morgan fingerprint density at radius 1 is 1.21 bits per heavy atom. The molecular weight excluding hydrogens is 331 g/mol. The number of benzene rings is 2. The maximum absolute atomic E-state index is 14.1. The van der Waals surface area contributed by atoms with Gasteiger partial charge in [0, 0.05) is 20.6 Å². The quantitative estimate of drug-likeness (QED) is 0.819. The number of hydrogen-bond donors (Lipinski definition) is 1. The number of rotatable bonds is 2. The van der Waals surface area contributed by atoms with E-state index in [4.69, 9.17) is 11.6 Å². The maximum Gasteiger partial charge on any atom is 0.129 e. The molecule has 2 rings (SSSR count). The Kier molecular flexibility index (Phi) is 4.29. The van der Waals surface area contributed by atoms with Gasteiger partial charge in [0.05, 0.1) is 0 Å². The number of aryl methyl sites for hydroxylation is 2. The van der Waals surface area contributed by atoms with Gasteiger partial charge in [0.1, 0.15) is 11.9 Å². The highest BCUT2D eigenvalue weighted by Gasteiger charge is 2.20. The average molecular weight is 344 g/mol. The molecular formula is C15H13BrClFO. The number of aliphatic hydroxyl groups is 1. The Bertz CT molecular complexity index is 605. The molecule has 2 aromatic carbocycles. The van der Waals surface area contributed by atoms with E-state index in [2.05, 4.69) is 15.9 Å². The Morgan fingerprint density at radius 3 is 2.53 bits per heavy atom.